The Balaban J connectivity index is 1.65. The maximum absolute atomic E-state index is 13.0. The molecule has 18 heteroatoms. The number of hydrogen-bond donors (Lipinski definition) is 2. The van der Waals surface area contributed by atoms with Crippen LogP contribution in [0.1, 0.15) is 16.2 Å². The summed E-state index contributed by atoms with van der Waals surface area (Å²) in [5, 5.41) is 19.8. The normalized spacial score (nSPS) is 12.9. The first-order chi connectivity index (χ1) is 18.7. The van der Waals surface area contributed by atoms with Crippen LogP contribution in [0.4, 0.5) is 26.3 Å². The van der Waals surface area contributed by atoms with Crippen molar-refractivity contribution in [1.29, 1.82) is 0 Å². The Labute approximate surface area is 224 Å². The fraction of sp³-hybridized carbons (Fsp3) is 0.273. The molecule has 0 aliphatic heterocycles. The second kappa shape index (κ2) is 11.1. The summed E-state index contributed by atoms with van der Waals surface area (Å²) in [7, 11) is 0. The molecule has 0 radical (unpaired) electrons. The molecular formula is C22H17ClF6N8O3. The Morgan fingerprint density at radius 1 is 1.05 bits per heavy atom. The summed E-state index contributed by atoms with van der Waals surface area (Å²) in [6, 6.07) is 8.25. The second-order valence-electron chi connectivity index (χ2n) is 8.22. The number of nitrogens with zero attached hydrogens (tertiary/aromatic N) is 7. The standard InChI is InChI=1S/C22H17ClF6N8O3/c23-13-5-3-12(4-6-13)17-34-36(20(40)35(17)8-15(38)22(27,28)29)9-16-32-11-37(33-16)18-14(2-1-7-30-18)19(39)31-10-21(24,25)26/h1-7,11,15,38H,8-10H2,(H,31,39)/t15-/m0/s1. The van der Waals surface area contributed by atoms with Crippen LogP contribution >= 0.6 is 11.6 Å². The minimum atomic E-state index is -5.01. The summed E-state index contributed by atoms with van der Waals surface area (Å²) in [6.45, 7) is -3.18. The molecule has 40 heavy (non-hydrogen) atoms. The molecule has 0 bridgehead atoms. The summed E-state index contributed by atoms with van der Waals surface area (Å²) in [5.41, 5.74) is -1.04. The van der Waals surface area contributed by atoms with E-state index in [1.807, 2.05) is 0 Å². The van der Waals surface area contributed by atoms with Crippen molar-refractivity contribution < 1.29 is 36.2 Å². The van der Waals surface area contributed by atoms with E-state index in [1.54, 1.807) is 5.32 Å². The van der Waals surface area contributed by atoms with Gasteiger partial charge in [0.25, 0.3) is 5.91 Å². The number of aliphatic hydroxyl groups excluding tert-OH is 1. The SMILES string of the molecule is O=C(NCC(F)(F)F)c1cccnc1-n1cnc(Cn2nc(-c3ccc(Cl)cc3)n(C[C@H](O)C(F)(F)F)c2=O)n1. The van der Waals surface area contributed by atoms with Crippen LogP contribution in [0.5, 0.6) is 0 Å². The number of benzene rings is 1. The molecule has 4 rings (SSSR count). The second-order valence-corrected chi connectivity index (χ2v) is 8.65. The molecule has 3 aromatic heterocycles. The molecular weight excluding hydrogens is 574 g/mol. The lowest BCUT2D eigenvalue weighted by molar-refractivity contribution is -0.207. The lowest BCUT2D eigenvalue weighted by Crippen LogP contribution is -2.37. The van der Waals surface area contributed by atoms with E-state index in [1.165, 1.54) is 42.6 Å². The molecule has 0 aliphatic carbocycles. The van der Waals surface area contributed by atoms with Crippen LogP contribution in [-0.4, -0.2) is 70.1 Å². The molecule has 0 fully saturated rings. The fourth-order valence-electron chi connectivity index (χ4n) is 3.44. The molecule has 2 N–H and O–H groups in total. The van der Waals surface area contributed by atoms with Crippen LogP contribution in [0, 0.1) is 0 Å². The van der Waals surface area contributed by atoms with E-state index in [2.05, 4.69) is 20.2 Å². The Bertz CT molecular complexity index is 1560. The van der Waals surface area contributed by atoms with E-state index in [4.69, 9.17) is 11.6 Å². The molecule has 0 unspecified atom stereocenters. The Hall–Kier alpha value is -4.25. The van der Waals surface area contributed by atoms with Crippen molar-refractivity contribution in [3.8, 4) is 17.2 Å². The number of carbonyl (C=O) groups is 1. The topological polar surface area (TPSA) is 133 Å². The average Bonchev–Trinajstić information content (AvgIpc) is 3.47. The third-order valence-corrected chi connectivity index (χ3v) is 5.54. The average molecular weight is 591 g/mol. The predicted molar refractivity (Wildman–Crippen MR) is 126 cm³/mol. The van der Waals surface area contributed by atoms with E-state index >= 15 is 0 Å². The third kappa shape index (κ3) is 6.66. The highest BCUT2D eigenvalue weighted by Gasteiger charge is 2.39. The first-order valence-electron chi connectivity index (χ1n) is 11.1. The zero-order valence-corrected chi connectivity index (χ0v) is 20.6. The summed E-state index contributed by atoms with van der Waals surface area (Å²) in [4.78, 5) is 33.3. The van der Waals surface area contributed by atoms with Crippen molar-refractivity contribution >= 4 is 17.5 Å². The molecule has 1 aromatic carbocycles. The highest BCUT2D eigenvalue weighted by atomic mass is 35.5. The number of aliphatic hydroxyl groups is 1. The Morgan fingerprint density at radius 3 is 2.40 bits per heavy atom. The van der Waals surface area contributed by atoms with Gasteiger partial charge in [0, 0.05) is 16.8 Å². The van der Waals surface area contributed by atoms with Crippen molar-refractivity contribution in [2.45, 2.75) is 31.5 Å². The molecule has 212 valence electrons. The number of rotatable bonds is 8. The Morgan fingerprint density at radius 2 is 1.75 bits per heavy atom. The zero-order valence-electron chi connectivity index (χ0n) is 19.9. The lowest BCUT2D eigenvalue weighted by Gasteiger charge is -2.15. The highest BCUT2D eigenvalue weighted by molar-refractivity contribution is 6.30. The van der Waals surface area contributed by atoms with Gasteiger partial charge in [-0.1, -0.05) is 11.6 Å². The van der Waals surface area contributed by atoms with Crippen LogP contribution in [0.2, 0.25) is 5.02 Å². The summed E-state index contributed by atoms with van der Waals surface area (Å²) >= 11 is 5.87. The van der Waals surface area contributed by atoms with Crippen molar-refractivity contribution in [1.82, 2.24) is 39.4 Å². The van der Waals surface area contributed by atoms with Crippen molar-refractivity contribution in [3.05, 3.63) is 75.8 Å². The molecule has 4 aromatic rings. The zero-order chi connectivity index (χ0) is 29.2. The largest absolute Gasteiger partial charge is 0.416 e. The molecule has 0 saturated heterocycles. The van der Waals surface area contributed by atoms with Gasteiger partial charge >= 0.3 is 18.0 Å². The van der Waals surface area contributed by atoms with Gasteiger partial charge in [-0.15, -0.1) is 10.2 Å². The number of amides is 1. The van der Waals surface area contributed by atoms with E-state index in [9.17, 15) is 41.0 Å². The smallest absolute Gasteiger partial charge is 0.382 e. The van der Waals surface area contributed by atoms with E-state index < -0.39 is 49.7 Å². The van der Waals surface area contributed by atoms with Crippen molar-refractivity contribution in [2.24, 2.45) is 0 Å². The number of alkyl halides is 6. The van der Waals surface area contributed by atoms with Gasteiger partial charge in [0.2, 0.25) is 0 Å². The minimum absolute atomic E-state index is 0.0990. The summed E-state index contributed by atoms with van der Waals surface area (Å²) in [6.07, 6.45) is -10.2. The van der Waals surface area contributed by atoms with Gasteiger partial charge in [0.05, 0.1) is 12.1 Å². The minimum Gasteiger partial charge on any atom is -0.382 e. The van der Waals surface area contributed by atoms with Gasteiger partial charge < -0.3 is 10.4 Å². The summed E-state index contributed by atoms with van der Waals surface area (Å²) < 4.78 is 79.1. The van der Waals surface area contributed by atoms with Crippen LogP contribution in [0.15, 0.2) is 53.7 Å². The fourth-order valence-corrected chi connectivity index (χ4v) is 3.56. The van der Waals surface area contributed by atoms with Gasteiger partial charge in [0.15, 0.2) is 23.6 Å². The maximum Gasteiger partial charge on any atom is 0.416 e. The van der Waals surface area contributed by atoms with Gasteiger partial charge in [-0.3, -0.25) is 9.36 Å². The first-order valence-corrected chi connectivity index (χ1v) is 11.5. The number of pyridine rings is 1. The summed E-state index contributed by atoms with van der Waals surface area (Å²) in [5.74, 6) is -1.55. The first kappa shape index (κ1) is 28.8. The van der Waals surface area contributed by atoms with E-state index in [0.717, 1.165) is 15.7 Å². The Kier molecular flexibility index (Phi) is 7.97. The maximum atomic E-state index is 13.0. The van der Waals surface area contributed by atoms with Crippen LogP contribution < -0.4 is 11.0 Å². The van der Waals surface area contributed by atoms with Gasteiger partial charge in [-0.25, -0.2) is 24.1 Å². The third-order valence-electron chi connectivity index (χ3n) is 5.29. The number of halogens is 7. The highest BCUT2D eigenvalue weighted by Crippen LogP contribution is 2.24. The molecule has 1 amide bonds. The van der Waals surface area contributed by atoms with Crippen LogP contribution in [-0.2, 0) is 13.1 Å². The predicted octanol–water partition coefficient (Wildman–Crippen LogP) is 2.60. The van der Waals surface area contributed by atoms with E-state index in [-0.39, 0.29) is 28.6 Å². The van der Waals surface area contributed by atoms with E-state index in [0.29, 0.717) is 9.59 Å². The molecule has 1 atom stereocenters. The van der Waals surface area contributed by atoms with Crippen molar-refractivity contribution in [2.75, 3.05) is 6.54 Å². The number of nitrogens with one attached hydrogen (secondary N) is 1. The van der Waals surface area contributed by atoms with Gasteiger partial charge in [-0.2, -0.15) is 26.3 Å². The van der Waals surface area contributed by atoms with Gasteiger partial charge in [0.1, 0.15) is 19.4 Å². The van der Waals surface area contributed by atoms with Crippen molar-refractivity contribution in [3.63, 3.8) is 0 Å². The van der Waals surface area contributed by atoms with Crippen LogP contribution in [0.25, 0.3) is 17.2 Å². The number of hydrogen-bond acceptors (Lipinski definition) is 7. The number of aromatic nitrogens is 7. The van der Waals surface area contributed by atoms with Gasteiger partial charge in [-0.05, 0) is 36.4 Å². The monoisotopic (exact) mass is 590 g/mol. The molecule has 0 saturated carbocycles. The van der Waals surface area contributed by atoms with Crippen LogP contribution in [0.3, 0.4) is 0 Å². The number of carbonyl (C=O) groups excluding carboxylic acids is 1. The molecule has 11 nitrogen and oxygen atoms in total. The molecule has 0 aliphatic rings. The molecule has 3 heterocycles. The quantitative estimate of drug-likeness (QED) is 0.302. The molecule has 0 spiro atoms. The lowest BCUT2D eigenvalue weighted by atomic mass is 10.2.